The van der Waals surface area contributed by atoms with E-state index in [1.54, 1.807) is 12.5 Å². The van der Waals surface area contributed by atoms with E-state index >= 15 is 0 Å². The fourth-order valence-corrected chi connectivity index (χ4v) is 3.53. The SMILES string of the molecule is C=C(C)C(=O)OCCS(C)(C)OS(=O)(=O)OC. The first-order valence-corrected chi connectivity index (χ1v) is 8.52. The smallest absolute Gasteiger partial charge is 0.409 e. The minimum Gasteiger partial charge on any atom is -0.461 e. The minimum atomic E-state index is -3.97. The number of esters is 1. The van der Waals surface area contributed by atoms with Gasteiger partial charge in [0.2, 0.25) is 0 Å². The number of ether oxygens (including phenoxy) is 1. The molecule has 0 aliphatic rings. The van der Waals surface area contributed by atoms with Gasteiger partial charge in [-0.2, -0.15) is 12.0 Å². The van der Waals surface area contributed by atoms with Crippen molar-refractivity contribution >= 4 is 26.7 Å². The molecule has 0 aliphatic heterocycles. The number of hydrogen-bond acceptors (Lipinski definition) is 6. The second-order valence-electron chi connectivity index (χ2n) is 3.70. The fourth-order valence-electron chi connectivity index (χ4n) is 0.746. The van der Waals surface area contributed by atoms with E-state index in [2.05, 4.69) is 10.8 Å². The molecule has 0 saturated heterocycles. The van der Waals surface area contributed by atoms with E-state index in [0.29, 0.717) is 11.3 Å². The number of carbonyl (C=O) groups excluding carboxylic acids is 1. The van der Waals surface area contributed by atoms with Gasteiger partial charge < -0.3 is 4.74 Å². The molecular weight excluding hydrogens is 268 g/mol. The molecule has 0 amide bonds. The monoisotopic (exact) mass is 286 g/mol. The molecule has 0 fully saturated rings. The van der Waals surface area contributed by atoms with Crippen molar-refractivity contribution in [3.8, 4) is 0 Å². The van der Waals surface area contributed by atoms with Gasteiger partial charge in [-0.25, -0.2) is 4.79 Å². The quantitative estimate of drug-likeness (QED) is 0.513. The van der Waals surface area contributed by atoms with E-state index in [4.69, 9.17) is 8.37 Å². The van der Waals surface area contributed by atoms with Gasteiger partial charge in [-0.15, -0.1) is 10.3 Å². The molecule has 0 aliphatic carbocycles. The Bertz CT molecular complexity index is 384. The van der Waals surface area contributed by atoms with E-state index in [0.717, 1.165) is 7.11 Å². The molecule has 0 bridgehead atoms. The van der Waals surface area contributed by atoms with Crippen molar-refractivity contribution in [1.29, 1.82) is 0 Å². The van der Waals surface area contributed by atoms with Crippen LogP contribution in [-0.4, -0.2) is 46.4 Å². The topological polar surface area (TPSA) is 78.9 Å². The highest BCUT2D eigenvalue weighted by Crippen LogP contribution is 2.42. The van der Waals surface area contributed by atoms with Crippen molar-refractivity contribution in [2.24, 2.45) is 0 Å². The molecule has 0 rings (SSSR count). The van der Waals surface area contributed by atoms with Crippen LogP contribution in [0.1, 0.15) is 6.92 Å². The lowest BCUT2D eigenvalue weighted by Gasteiger charge is -2.28. The number of hydrogen-bond donors (Lipinski definition) is 0. The maximum Gasteiger partial charge on any atom is 0.409 e. The Kier molecular flexibility index (Phi) is 6.17. The van der Waals surface area contributed by atoms with Gasteiger partial charge in [-0.3, -0.25) is 4.18 Å². The summed E-state index contributed by atoms with van der Waals surface area (Å²) in [6.45, 7) is 5.04. The maximum atomic E-state index is 11.1. The predicted molar refractivity (Wildman–Crippen MR) is 67.1 cm³/mol. The van der Waals surface area contributed by atoms with E-state index in [9.17, 15) is 13.2 Å². The molecule has 0 N–H and O–H groups in total. The first-order valence-electron chi connectivity index (χ1n) is 4.65. The van der Waals surface area contributed by atoms with Crippen LogP contribution in [0, 0.1) is 0 Å². The van der Waals surface area contributed by atoms with Gasteiger partial charge in [0, 0.05) is 11.3 Å². The van der Waals surface area contributed by atoms with E-state index < -0.39 is 26.7 Å². The van der Waals surface area contributed by atoms with Crippen molar-refractivity contribution in [3.05, 3.63) is 12.2 Å². The number of rotatable bonds is 7. The van der Waals surface area contributed by atoms with Gasteiger partial charge in [0.1, 0.15) is 6.61 Å². The highest BCUT2D eigenvalue weighted by atomic mass is 32.3. The van der Waals surface area contributed by atoms with Crippen molar-refractivity contribution in [2.45, 2.75) is 6.92 Å². The van der Waals surface area contributed by atoms with Crippen LogP contribution >= 0.6 is 10.3 Å². The second kappa shape index (κ2) is 6.39. The van der Waals surface area contributed by atoms with E-state index in [1.165, 1.54) is 6.92 Å². The zero-order valence-electron chi connectivity index (χ0n) is 10.4. The van der Waals surface area contributed by atoms with Crippen molar-refractivity contribution < 1.29 is 25.8 Å². The van der Waals surface area contributed by atoms with Crippen molar-refractivity contribution in [2.75, 3.05) is 32.0 Å². The molecule has 0 saturated carbocycles. The minimum absolute atomic E-state index is 0.0766. The summed E-state index contributed by atoms with van der Waals surface area (Å²) in [5.41, 5.74) is 0.295. The molecular formula is C9H18O6S2. The van der Waals surface area contributed by atoms with Crippen LogP contribution in [0.2, 0.25) is 0 Å². The standard InChI is InChI=1S/C9H18O6S2/c1-8(2)9(10)14-6-7-16(4,5)15-17(11,12)13-3/h1,6-7H2,2-5H3. The maximum absolute atomic E-state index is 11.1. The highest BCUT2D eigenvalue weighted by Gasteiger charge is 2.22. The average Bonchev–Trinajstić information content (AvgIpc) is 2.15. The normalized spacial score (nSPS) is 13.2. The molecule has 0 unspecified atom stereocenters. The Labute approximate surface area is 104 Å². The summed E-state index contributed by atoms with van der Waals surface area (Å²) >= 11 is 0. The third-order valence-corrected chi connectivity index (χ3v) is 5.33. The lowest BCUT2D eigenvalue weighted by Crippen LogP contribution is -2.18. The zero-order chi connectivity index (χ0) is 13.7. The Hall–Kier alpha value is -0.570. The van der Waals surface area contributed by atoms with E-state index in [1.807, 2.05) is 0 Å². The van der Waals surface area contributed by atoms with Crippen molar-refractivity contribution in [1.82, 2.24) is 0 Å². The van der Waals surface area contributed by atoms with Crippen LogP contribution in [0.15, 0.2) is 12.2 Å². The lowest BCUT2D eigenvalue weighted by molar-refractivity contribution is -0.138. The molecule has 0 aromatic heterocycles. The summed E-state index contributed by atoms with van der Waals surface area (Å²) in [5.74, 6) is -0.205. The summed E-state index contributed by atoms with van der Waals surface area (Å²) in [7, 11) is -4.84. The molecule has 0 aromatic rings. The zero-order valence-corrected chi connectivity index (χ0v) is 12.0. The molecule has 8 heteroatoms. The molecule has 0 spiro atoms. The van der Waals surface area contributed by atoms with Gasteiger partial charge in [0.05, 0.1) is 7.11 Å². The second-order valence-corrected chi connectivity index (χ2v) is 8.68. The van der Waals surface area contributed by atoms with Crippen LogP contribution in [-0.2, 0) is 27.7 Å². The van der Waals surface area contributed by atoms with Crippen LogP contribution < -0.4 is 0 Å². The van der Waals surface area contributed by atoms with Gasteiger partial charge in [0.25, 0.3) is 0 Å². The fraction of sp³-hybridized carbons (Fsp3) is 0.667. The third kappa shape index (κ3) is 7.37. The number of carbonyl (C=O) groups is 1. The summed E-state index contributed by atoms with van der Waals surface area (Å²) in [6.07, 6.45) is 3.27. The summed E-state index contributed by atoms with van der Waals surface area (Å²) in [5, 5.41) is 0. The Morgan fingerprint density at radius 3 is 2.24 bits per heavy atom. The summed E-state index contributed by atoms with van der Waals surface area (Å²) < 4.78 is 36.0. The van der Waals surface area contributed by atoms with Crippen LogP contribution in [0.25, 0.3) is 0 Å². The van der Waals surface area contributed by atoms with Gasteiger partial charge in [-0.1, -0.05) is 6.58 Å². The largest absolute Gasteiger partial charge is 0.461 e. The van der Waals surface area contributed by atoms with Crippen molar-refractivity contribution in [3.63, 3.8) is 0 Å². The summed E-state index contributed by atoms with van der Waals surface area (Å²) in [6, 6.07) is 0. The van der Waals surface area contributed by atoms with E-state index in [-0.39, 0.29) is 6.61 Å². The Morgan fingerprint density at radius 2 is 1.82 bits per heavy atom. The molecule has 0 atom stereocenters. The molecule has 17 heavy (non-hydrogen) atoms. The molecule has 0 heterocycles. The lowest BCUT2D eigenvalue weighted by atomic mass is 10.4. The molecule has 0 radical (unpaired) electrons. The molecule has 6 nitrogen and oxygen atoms in total. The van der Waals surface area contributed by atoms with Gasteiger partial charge in [-0.05, 0) is 19.4 Å². The highest BCUT2D eigenvalue weighted by molar-refractivity contribution is 8.31. The first-order chi connectivity index (χ1) is 7.59. The van der Waals surface area contributed by atoms with Crippen LogP contribution in [0.3, 0.4) is 0 Å². The van der Waals surface area contributed by atoms with Crippen LogP contribution in [0.5, 0.6) is 0 Å². The predicted octanol–water partition coefficient (Wildman–Crippen LogP) is 0.993. The molecule has 102 valence electrons. The Morgan fingerprint density at radius 1 is 1.29 bits per heavy atom. The Balaban J connectivity index is 4.20. The van der Waals surface area contributed by atoms with Gasteiger partial charge >= 0.3 is 16.4 Å². The van der Waals surface area contributed by atoms with Crippen LogP contribution in [0.4, 0.5) is 0 Å². The van der Waals surface area contributed by atoms with Gasteiger partial charge in [0.15, 0.2) is 0 Å². The molecule has 0 aromatic carbocycles. The third-order valence-electron chi connectivity index (χ3n) is 1.63. The average molecular weight is 286 g/mol. The summed E-state index contributed by atoms with van der Waals surface area (Å²) in [4.78, 5) is 11.1. The first kappa shape index (κ1) is 16.4.